The van der Waals surface area contributed by atoms with Gasteiger partial charge in [-0.25, -0.2) is 0 Å². The summed E-state index contributed by atoms with van der Waals surface area (Å²) in [4.78, 5) is 12.3. The van der Waals surface area contributed by atoms with Crippen LogP contribution in [0.25, 0.3) is 0 Å². The van der Waals surface area contributed by atoms with Gasteiger partial charge in [0.15, 0.2) is 0 Å². The second kappa shape index (κ2) is 6.17. The van der Waals surface area contributed by atoms with Gasteiger partial charge in [0.05, 0.1) is 15.6 Å². The molecule has 5 heteroatoms. The minimum absolute atomic E-state index is 0.263. The lowest BCUT2D eigenvalue weighted by molar-refractivity contribution is 0.102. The van der Waals surface area contributed by atoms with Crippen molar-refractivity contribution in [2.75, 3.05) is 5.32 Å². The van der Waals surface area contributed by atoms with Crippen molar-refractivity contribution in [3.05, 3.63) is 61.5 Å². The van der Waals surface area contributed by atoms with Crippen LogP contribution in [-0.4, -0.2) is 5.91 Å². The monoisotopic (exact) mass is 371 g/mol. The number of halogens is 3. The van der Waals surface area contributed by atoms with Crippen molar-refractivity contribution in [3.63, 3.8) is 0 Å². The molecule has 104 valence electrons. The molecule has 2 aromatic carbocycles. The van der Waals surface area contributed by atoms with E-state index in [0.717, 1.165) is 21.3 Å². The summed E-state index contributed by atoms with van der Waals surface area (Å²) in [6.07, 6.45) is 0. The number of amides is 1. The fourth-order valence-electron chi connectivity index (χ4n) is 1.97. The van der Waals surface area contributed by atoms with Crippen LogP contribution in [0.2, 0.25) is 10.0 Å². The molecule has 0 spiro atoms. The maximum atomic E-state index is 12.3. The van der Waals surface area contributed by atoms with E-state index < -0.39 is 0 Å². The lowest BCUT2D eigenvalue weighted by atomic mass is 10.1. The minimum atomic E-state index is -0.272. The standard InChI is InChI=1S/C15H12BrCl2NO/c1-8-6-10(16)7-9(2)14(8)19-15(20)11-4-3-5-12(17)13(11)18/h3-7H,1-2H3,(H,19,20). The van der Waals surface area contributed by atoms with Gasteiger partial charge in [-0.15, -0.1) is 0 Å². The fourth-order valence-corrected chi connectivity index (χ4v) is 3.04. The molecule has 0 heterocycles. The molecule has 0 aliphatic carbocycles. The lowest BCUT2D eigenvalue weighted by Gasteiger charge is -2.13. The number of benzene rings is 2. The zero-order valence-corrected chi connectivity index (χ0v) is 14.0. The molecule has 0 saturated carbocycles. The number of hydrogen-bond donors (Lipinski definition) is 1. The summed E-state index contributed by atoms with van der Waals surface area (Å²) in [6.45, 7) is 3.87. The van der Waals surface area contributed by atoms with Gasteiger partial charge in [-0.1, -0.05) is 45.2 Å². The van der Waals surface area contributed by atoms with Gasteiger partial charge in [0, 0.05) is 10.2 Å². The van der Waals surface area contributed by atoms with Gasteiger partial charge < -0.3 is 5.32 Å². The van der Waals surface area contributed by atoms with Crippen LogP contribution < -0.4 is 5.32 Å². The second-order valence-electron chi connectivity index (χ2n) is 4.47. The van der Waals surface area contributed by atoms with Gasteiger partial charge in [0.2, 0.25) is 0 Å². The zero-order valence-electron chi connectivity index (χ0n) is 10.9. The summed E-state index contributed by atoms with van der Waals surface area (Å²) in [6, 6.07) is 8.89. The highest BCUT2D eigenvalue weighted by Gasteiger charge is 2.14. The number of rotatable bonds is 2. The number of carbonyl (C=O) groups excluding carboxylic acids is 1. The predicted molar refractivity (Wildman–Crippen MR) is 88.0 cm³/mol. The second-order valence-corrected chi connectivity index (χ2v) is 6.17. The minimum Gasteiger partial charge on any atom is -0.321 e. The molecule has 2 nitrogen and oxygen atoms in total. The Hall–Kier alpha value is -1.03. The van der Waals surface area contributed by atoms with Crippen LogP contribution in [0.3, 0.4) is 0 Å². The van der Waals surface area contributed by atoms with Crippen LogP contribution in [0.5, 0.6) is 0 Å². The molecule has 1 N–H and O–H groups in total. The van der Waals surface area contributed by atoms with Crippen molar-refractivity contribution in [1.29, 1.82) is 0 Å². The van der Waals surface area contributed by atoms with Crippen molar-refractivity contribution in [2.24, 2.45) is 0 Å². The lowest BCUT2D eigenvalue weighted by Crippen LogP contribution is -2.14. The topological polar surface area (TPSA) is 29.1 Å². The van der Waals surface area contributed by atoms with Crippen LogP contribution in [0, 0.1) is 13.8 Å². The van der Waals surface area contributed by atoms with E-state index >= 15 is 0 Å². The first-order valence-corrected chi connectivity index (χ1v) is 7.47. The maximum absolute atomic E-state index is 12.3. The van der Waals surface area contributed by atoms with Gasteiger partial charge in [0.1, 0.15) is 0 Å². The van der Waals surface area contributed by atoms with Gasteiger partial charge in [-0.3, -0.25) is 4.79 Å². The Morgan fingerprint density at radius 2 is 1.75 bits per heavy atom. The molecule has 0 radical (unpaired) electrons. The third-order valence-corrected chi connectivity index (χ3v) is 4.21. The highest BCUT2D eigenvalue weighted by Crippen LogP contribution is 2.29. The largest absolute Gasteiger partial charge is 0.321 e. The van der Waals surface area contributed by atoms with E-state index in [2.05, 4.69) is 21.2 Å². The number of anilines is 1. The van der Waals surface area contributed by atoms with Crippen LogP contribution in [0.15, 0.2) is 34.8 Å². The molecule has 20 heavy (non-hydrogen) atoms. The van der Waals surface area contributed by atoms with Gasteiger partial charge >= 0.3 is 0 Å². The Labute approximate surface area is 136 Å². The van der Waals surface area contributed by atoms with Crippen molar-refractivity contribution >= 4 is 50.7 Å². The first-order valence-electron chi connectivity index (χ1n) is 5.92. The number of carbonyl (C=O) groups is 1. The van der Waals surface area contributed by atoms with Crippen LogP contribution in [-0.2, 0) is 0 Å². The molecule has 0 bridgehead atoms. The molecule has 0 unspecified atom stereocenters. The van der Waals surface area contributed by atoms with E-state index in [1.807, 2.05) is 26.0 Å². The molecule has 0 aliphatic rings. The molecule has 0 aliphatic heterocycles. The molecule has 0 atom stereocenters. The molecule has 1 amide bonds. The Kier molecular flexibility index (Phi) is 4.74. The van der Waals surface area contributed by atoms with Crippen molar-refractivity contribution in [3.8, 4) is 0 Å². The Bertz CT molecular complexity index is 663. The smallest absolute Gasteiger partial charge is 0.257 e. The van der Waals surface area contributed by atoms with E-state index in [4.69, 9.17) is 23.2 Å². The highest BCUT2D eigenvalue weighted by atomic mass is 79.9. The van der Waals surface area contributed by atoms with Gasteiger partial charge in [-0.2, -0.15) is 0 Å². The number of hydrogen-bond acceptors (Lipinski definition) is 1. The SMILES string of the molecule is Cc1cc(Br)cc(C)c1NC(=O)c1cccc(Cl)c1Cl. The normalized spacial score (nSPS) is 10.4. The summed E-state index contributed by atoms with van der Waals surface area (Å²) in [5.41, 5.74) is 3.10. The van der Waals surface area contributed by atoms with E-state index in [1.165, 1.54) is 0 Å². The molecule has 0 aromatic heterocycles. The Balaban J connectivity index is 2.36. The molecule has 0 fully saturated rings. The third-order valence-electron chi connectivity index (χ3n) is 2.93. The average Bonchev–Trinajstić information content (AvgIpc) is 2.36. The predicted octanol–water partition coefficient (Wildman–Crippen LogP) is 5.63. The van der Waals surface area contributed by atoms with Crippen molar-refractivity contribution in [1.82, 2.24) is 0 Å². The van der Waals surface area contributed by atoms with E-state index in [9.17, 15) is 4.79 Å². The van der Waals surface area contributed by atoms with E-state index in [-0.39, 0.29) is 10.9 Å². The maximum Gasteiger partial charge on any atom is 0.257 e. The van der Waals surface area contributed by atoms with Crippen LogP contribution >= 0.6 is 39.1 Å². The molecular formula is C15H12BrCl2NO. The van der Waals surface area contributed by atoms with Gasteiger partial charge in [0.25, 0.3) is 5.91 Å². The first kappa shape index (κ1) is 15.4. The van der Waals surface area contributed by atoms with E-state index in [1.54, 1.807) is 18.2 Å². The van der Waals surface area contributed by atoms with Crippen molar-refractivity contribution in [2.45, 2.75) is 13.8 Å². The van der Waals surface area contributed by atoms with Crippen LogP contribution in [0.1, 0.15) is 21.5 Å². The van der Waals surface area contributed by atoms with Gasteiger partial charge in [-0.05, 0) is 49.2 Å². The number of aryl methyl sites for hydroxylation is 2. The van der Waals surface area contributed by atoms with E-state index in [0.29, 0.717) is 10.6 Å². The summed E-state index contributed by atoms with van der Waals surface area (Å²) in [5.74, 6) is -0.272. The fraction of sp³-hybridized carbons (Fsp3) is 0.133. The number of nitrogens with one attached hydrogen (secondary N) is 1. The summed E-state index contributed by atoms with van der Waals surface area (Å²) < 4.78 is 0.978. The molecule has 2 rings (SSSR count). The van der Waals surface area contributed by atoms with Crippen molar-refractivity contribution < 1.29 is 4.79 Å². The Morgan fingerprint density at radius 1 is 1.15 bits per heavy atom. The molecule has 0 saturated heterocycles. The summed E-state index contributed by atoms with van der Waals surface area (Å²) >= 11 is 15.4. The quantitative estimate of drug-likeness (QED) is 0.727. The molecule has 2 aromatic rings. The molecular weight excluding hydrogens is 361 g/mol. The first-order chi connectivity index (χ1) is 9.40. The summed E-state index contributed by atoms with van der Waals surface area (Å²) in [5, 5.41) is 3.51. The zero-order chi connectivity index (χ0) is 14.9. The average molecular weight is 373 g/mol. The Morgan fingerprint density at radius 3 is 2.35 bits per heavy atom. The highest BCUT2D eigenvalue weighted by molar-refractivity contribution is 9.10. The summed E-state index contributed by atoms with van der Waals surface area (Å²) in [7, 11) is 0. The van der Waals surface area contributed by atoms with Crippen LogP contribution in [0.4, 0.5) is 5.69 Å². The third kappa shape index (κ3) is 3.17.